The number of alkyl halides is 2. The second kappa shape index (κ2) is 10.7. The highest BCUT2D eigenvalue weighted by molar-refractivity contribution is 6.38. The molecule has 1 saturated carbocycles. The molecule has 4 N–H and O–H groups in total. The molecule has 0 spiro atoms. The molecular weight excluding hydrogens is 478 g/mol. The summed E-state index contributed by atoms with van der Waals surface area (Å²) in [6.07, 6.45) is -0.939. The topological polar surface area (TPSA) is 145 Å². The summed E-state index contributed by atoms with van der Waals surface area (Å²) in [5.74, 6) is -6.44. The van der Waals surface area contributed by atoms with E-state index in [0.717, 1.165) is 12.8 Å². The number of ketones is 1. The average molecular weight is 517 g/mol. The lowest BCUT2D eigenvalue weighted by Crippen LogP contribution is -2.59. The quantitative estimate of drug-likeness (QED) is 0.327. The lowest BCUT2D eigenvalue weighted by molar-refractivity contribution is -0.144. The number of rotatable bonds is 10. The van der Waals surface area contributed by atoms with E-state index in [-0.39, 0.29) is 19.0 Å². The molecule has 1 heterocycles. The summed E-state index contributed by atoms with van der Waals surface area (Å²) < 4.78 is 27.1. The van der Waals surface area contributed by atoms with E-state index in [0.29, 0.717) is 6.92 Å². The number of nitrogens with one attached hydrogen (secondary N) is 3. The molecule has 12 heteroatoms. The van der Waals surface area contributed by atoms with Crippen LogP contribution in [-0.4, -0.2) is 76.2 Å². The molecule has 1 saturated heterocycles. The summed E-state index contributed by atoms with van der Waals surface area (Å²) >= 11 is 0. The molecule has 1 aliphatic carbocycles. The molecule has 0 bridgehead atoms. The van der Waals surface area contributed by atoms with Crippen molar-refractivity contribution in [1.29, 1.82) is 0 Å². The van der Waals surface area contributed by atoms with E-state index in [9.17, 15) is 37.9 Å². The molecule has 2 aliphatic rings. The minimum Gasteiger partial charge on any atom is -0.465 e. The first-order chi connectivity index (χ1) is 16.3. The van der Waals surface area contributed by atoms with Gasteiger partial charge in [-0.15, -0.1) is 0 Å². The highest BCUT2D eigenvalue weighted by atomic mass is 19.3. The van der Waals surface area contributed by atoms with Crippen molar-refractivity contribution in [2.45, 2.75) is 104 Å². The molecule has 36 heavy (non-hydrogen) atoms. The van der Waals surface area contributed by atoms with Crippen molar-refractivity contribution in [3.63, 3.8) is 0 Å². The summed E-state index contributed by atoms with van der Waals surface area (Å²) in [5.41, 5.74) is -1.32. The molecular formula is C24H38F2N4O6. The lowest BCUT2D eigenvalue weighted by atomic mass is 9.85. The van der Waals surface area contributed by atoms with Gasteiger partial charge in [0.2, 0.25) is 23.5 Å². The predicted molar refractivity (Wildman–Crippen MR) is 126 cm³/mol. The zero-order valence-corrected chi connectivity index (χ0v) is 21.7. The Morgan fingerprint density at radius 1 is 1.06 bits per heavy atom. The third-order valence-electron chi connectivity index (χ3n) is 6.33. The van der Waals surface area contributed by atoms with Gasteiger partial charge in [-0.05, 0) is 43.4 Å². The zero-order chi connectivity index (χ0) is 27.6. The van der Waals surface area contributed by atoms with Crippen LogP contribution in [0.25, 0.3) is 0 Å². The first kappa shape index (κ1) is 29.4. The van der Waals surface area contributed by atoms with Crippen LogP contribution in [0.3, 0.4) is 0 Å². The van der Waals surface area contributed by atoms with E-state index in [4.69, 9.17) is 0 Å². The number of hydrogen-bond donors (Lipinski definition) is 4. The maximum atomic E-state index is 13.5. The Kier molecular flexibility index (Phi) is 8.73. The number of carbonyl (C=O) groups is 5. The number of carbonyl (C=O) groups excluding carboxylic acids is 4. The van der Waals surface area contributed by atoms with Crippen molar-refractivity contribution in [2.24, 2.45) is 10.8 Å². The number of hydrogen-bond acceptors (Lipinski definition) is 5. The van der Waals surface area contributed by atoms with Crippen LogP contribution in [0.15, 0.2) is 0 Å². The average Bonchev–Trinajstić information content (AvgIpc) is 3.46. The summed E-state index contributed by atoms with van der Waals surface area (Å²) in [6, 6.07) is -3.85. The molecule has 0 aromatic heterocycles. The summed E-state index contributed by atoms with van der Waals surface area (Å²) in [5, 5.41) is 16.4. The Morgan fingerprint density at radius 2 is 1.64 bits per heavy atom. The molecule has 4 amide bonds. The largest absolute Gasteiger partial charge is 0.465 e. The van der Waals surface area contributed by atoms with Crippen LogP contribution in [-0.2, 0) is 19.2 Å². The van der Waals surface area contributed by atoms with Crippen LogP contribution in [0.2, 0.25) is 0 Å². The van der Waals surface area contributed by atoms with E-state index >= 15 is 0 Å². The highest BCUT2D eigenvalue weighted by Crippen LogP contribution is 2.36. The Morgan fingerprint density at radius 3 is 2.11 bits per heavy atom. The standard InChI is InChI=1S/C24H38F2N4O6/c1-22(2,3)17(29-21(35)36)20(34)30-12-23(4,5)11-15(30)18(32)28-14(9-10-24(6,25)26)16(31)19(33)27-13-7-8-13/h13-15,17,29H,7-12H2,1-6H3,(H,27,33)(H,28,32)(H,35,36)/t14?,15-,17?/m0/s1. The number of Topliss-reactive ketones (excluding diaryl/α,β-unsaturated/α-hetero) is 1. The molecule has 2 fully saturated rings. The molecule has 0 radical (unpaired) electrons. The van der Waals surface area contributed by atoms with E-state index in [1.165, 1.54) is 4.90 Å². The van der Waals surface area contributed by atoms with Gasteiger partial charge in [-0.3, -0.25) is 19.2 Å². The molecule has 0 aromatic carbocycles. The third-order valence-corrected chi connectivity index (χ3v) is 6.33. The molecule has 2 rings (SSSR count). The summed E-state index contributed by atoms with van der Waals surface area (Å²) in [7, 11) is 0. The van der Waals surface area contributed by atoms with Crippen LogP contribution in [0.5, 0.6) is 0 Å². The first-order valence-electron chi connectivity index (χ1n) is 12.1. The third kappa shape index (κ3) is 8.41. The first-order valence-corrected chi connectivity index (χ1v) is 12.1. The number of halogens is 2. The van der Waals surface area contributed by atoms with E-state index in [1.807, 2.05) is 13.8 Å². The van der Waals surface area contributed by atoms with Crippen molar-refractivity contribution < 1.29 is 37.9 Å². The Labute approximate surface area is 209 Å². The van der Waals surface area contributed by atoms with Crippen molar-refractivity contribution in [3.8, 4) is 0 Å². The van der Waals surface area contributed by atoms with Gasteiger partial charge < -0.3 is 26.0 Å². The normalized spacial score (nSPS) is 21.3. The van der Waals surface area contributed by atoms with Crippen molar-refractivity contribution in [1.82, 2.24) is 20.9 Å². The van der Waals surface area contributed by atoms with Gasteiger partial charge in [-0.25, -0.2) is 13.6 Å². The minimum atomic E-state index is -3.12. The summed E-state index contributed by atoms with van der Waals surface area (Å²) in [6.45, 7) is 9.54. The second-order valence-corrected chi connectivity index (χ2v) is 11.9. The van der Waals surface area contributed by atoms with Crippen molar-refractivity contribution >= 4 is 29.6 Å². The van der Waals surface area contributed by atoms with Gasteiger partial charge in [0.1, 0.15) is 12.1 Å². The summed E-state index contributed by atoms with van der Waals surface area (Å²) in [4.78, 5) is 64.4. The number of amides is 4. The number of likely N-dealkylation sites (tertiary alicyclic amines) is 1. The SMILES string of the molecule is CC(F)(F)CCC(NC(=O)[C@@H]1CC(C)(C)CN1C(=O)C(NC(=O)O)C(C)(C)C)C(=O)C(=O)NC1CC1. The van der Waals surface area contributed by atoms with E-state index in [1.54, 1.807) is 20.8 Å². The van der Waals surface area contributed by atoms with E-state index < -0.39 is 77.3 Å². The monoisotopic (exact) mass is 516 g/mol. The fourth-order valence-corrected chi connectivity index (χ4v) is 4.25. The van der Waals surface area contributed by atoms with Gasteiger partial charge >= 0.3 is 6.09 Å². The van der Waals surface area contributed by atoms with Gasteiger partial charge in [0.05, 0.1) is 6.04 Å². The molecule has 1 aliphatic heterocycles. The predicted octanol–water partition coefficient (Wildman–Crippen LogP) is 2.06. The maximum absolute atomic E-state index is 13.5. The fourth-order valence-electron chi connectivity index (χ4n) is 4.25. The molecule has 2 unspecified atom stereocenters. The van der Waals surface area contributed by atoms with Crippen LogP contribution in [0.4, 0.5) is 13.6 Å². The number of nitrogens with zero attached hydrogens (tertiary/aromatic N) is 1. The van der Waals surface area contributed by atoms with Crippen LogP contribution >= 0.6 is 0 Å². The Hall–Kier alpha value is -2.79. The van der Waals surface area contributed by atoms with Gasteiger partial charge in [0.15, 0.2) is 0 Å². The van der Waals surface area contributed by atoms with Gasteiger partial charge in [0, 0.05) is 19.0 Å². The van der Waals surface area contributed by atoms with Crippen LogP contribution in [0.1, 0.15) is 73.6 Å². The highest BCUT2D eigenvalue weighted by Gasteiger charge is 2.48. The van der Waals surface area contributed by atoms with Crippen LogP contribution in [0, 0.1) is 10.8 Å². The molecule has 0 aromatic rings. The Bertz CT molecular complexity index is 892. The molecule has 10 nitrogen and oxygen atoms in total. The van der Waals surface area contributed by atoms with Crippen molar-refractivity contribution in [2.75, 3.05) is 6.54 Å². The van der Waals surface area contributed by atoms with E-state index in [2.05, 4.69) is 16.0 Å². The molecule has 3 atom stereocenters. The second-order valence-electron chi connectivity index (χ2n) is 11.9. The van der Waals surface area contributed by atoms with Gasteiger partial charge in [-0.2, -0.15) is 0 Å². The lowest BCUT2D eigenvalue weighted by Gasteiger charge is -2.35. The Balaban J connectivity index is 2.27. The smallest absolute Gasteiger partial charge is 0.405 e. The van der Waals surface area contributed by atoms with Gasteiger partial charge in [0.25, 0.3) is 5.91 Å². The maximum Gasteiger partial charge on any atom is 0.405 e. The minimum absolute atomic E-state index is 0.134. The van der Waals surface area contributed by atoms with Crippen molar-refractivity contribution in [3.05, 3.63) is 0 Å². The van der Waals surface area contributed by atoms with Crippen LogP contribution < -0.4 is 16.0 Å². The molecule has 204 valence electrons. The number of carboxylic acid groups (broad SMARTS) is 1. The fraction of sp³-hybridized carbons (Fsp3) is 0.792. The van der Waals surface area contributed by atoms with Gasteiger partial charge in [-0.1, -0.05) is 34.6 Å². The zero-order valence-electron chi connectivity index (χ0n) is 21.7.